The van der Waals surface area contributed by atoms with E-state index in [4.69, 9.17) is 9.97 Å². The average molecular weight is 444 g/mol. The Morgan fingerprint density at radius 1 is 0.647 bits per heavy atom. The highest BCUT2D eigenvalue weighted by Crippen LogP contribution is 2.31. The SMILES string of the molecule is Cc1cc(C)c(NC(=O)c2ccc(-c3nc4ccccc4nc3-c3ccccc3)cc2)c(C)c1. The van der Waals surface area contributed by atoms with Crippen LogP contribution in [0.1, 0.15) is 27.0 Å². The molecule has 4 heteroatoms. The van der Waals surface area contributed by atoms with Gasteiger partial charge in [0.05, 0.1) is 22.4 Å². The van der Waals surface area contributed by atoms with Crippen molar-refractivity contribution >= 4 is 22.6 Å². The number of fused-ring (bicyclic) bond motifs is 1. The van der Waals surface area contributed by atoms with E-state index in [0.29, 0.717) is 5.56 Å². The van der Waals surface area contributed by atoms with Gasteiger partial charge in [-0.2, -0.15) is 0 Å². The van der Waals surface area contributed by atoms with E-state index < -0.39 is 0 Å². The van der Waals surface area contributed by atoms with Crippen molar-refractivity contribution in [3.8, 4) is 22.5 Å². The normalized spacial score (nSPS) is 10.9. The first-order chi connectivity index (χ1) is 16.5. The molecule has 5 rings (SSSR count). The van der Waals surface area contributed by atoms with Gasteiger partial charge in [-0.3, -0.25) is 4.79 Å². The van der Waals surface area contributed by atoms with E-state index in [1.54, 1.807) is 0 Å². The second-order valence-electron chi connectivity index (χ2n) is 8.58. The first kappa shape index (κ1) is 21.5. The molecule has 1 heterocycles. The van der Waals surface area contributed by atoms with E-state index in [1.165, 1.54) is 5.56 Å². The lowest BCUT2D eigenvalue weighted by molar-refractivity contribution is 0.102. The van der Waals surface area contributed by atoms with Crippen molar-refractivity contribution in [2.45, 2.75) is 20.8 Å². The molecular formula is C30H25N3O. The number of aromatic nitrogens is 2. The fourth-order valence-corrected chi connectivity index (χ4v) is 4.34. The highest BCUT2D eigenvalue weighted by atomic mass is 16.1. The van der Waals surface area contributed by atoms with Crippen LogP contribution in [0.15, 0.2) is 91.0 Å². The number of carbonyl (C=O) groups is 1. The number of amides is 1. The molecular weight excluding hydrogens is 418 g/mol. The molecule has 0 saturated heterocycles. The summed E-state index contributed by atoms with van der Waals surface area (Å²) in [5.41, 5.74) is 9.98. The number of aryl methyl sites for hydroxylation is 3. The zero-order valence-electron chi connectivity index (χ0n) is 19.5. The molecule has 0 aliphatic rings. The third-order valence-electron chi connectivity index (χ3n) is 5.95. The Morgan fingerprint density at radius 3 is 1.71 bits per heavy atom. The summed E-state index contributed by atoms with van der Waals surface area (Å²) in [6.07, 6.45) is 0. The largest absolute Gasteiger partial charge is 0.322 e. The van der Waals surface area contributed by atoms with Crippen molar-refractivity contribution in [3.05, 3.63) is 113 Å². The summed E-state index contributed by atoms with van der Waals surface area (Å²) in [6.45, 7) is 6.09. The molecule has 34 heavy (non-hydrogen) atoms. The number of carbonyl (C=O) groups excluding carboxylic acids is 1. The maximum absolute atomic E-state index is 13.0. The monoisotopic (exact) mass is 443 g/mol. The molecule has 1 aromatic heterocycles. The highest BCUT2D eigenvalue weighted by molar-refractivity contribution is 6.05. The Bertz CT molecular complexity index is 1480. The molecule has 0 saturated carbocycles. The molecule has 0 unspecified atom stereocenters. The van der Waals surface area contributed by atoms with Gasteiger partial charge in [0, 0.05) is 22.4 Å². The summed E-state index contributed by atoms with van der Waals surface area (Å²) < 4.78 is 0. The van der Waals surface area contributed by atoms with E-state index in [9.17, 15) is 4.79 Å². The first-order valence-electron chi connectivity index (χ1n) is 11.3. The van der Waals surface area contributed by atoms with Crippen LogP contribution in [0.2, 0.25) is 0 Å². The molecule has 0 atom stereocenters. The van der Waals surface area contributed by atoms with Crippen LogP contribution in [-0.2, 0) is 0 Å². The predicted molar refractivity (Wildman–Crippen MR) is 139 cm³/mol. The highest BCUT2D eigenvalue weighted by Gasteiger charge is 2.15. The Kier molecular flexibility index (Phi) is 5.64. The van der Waals surface area contributed by atoms with Crippen molar-refractivity contribution in [2.24, 2.45) is 0 Å². The van der Waals surface area contributed by atoms with Gasteiger partial charge in [-0.1, -0.05) is 72.3 Å². The van der Waals surface area contributed by atoms with Crippen molar-refractivity contribution in [1.82, 2.24) is 9.97 Å². The molecule has 0 radical (unpaired) electrons. The fourth-order valence-electron chi connectivity index (χ4n) is 4.34. The van der Waals surface area contributed by atoms with Crippen LogP contribution in [0, 0.1) is 20.8 Å². The third kappa shape index (κ3) is 4.18. The van der Waals surface area contributed by atoms with Gasteiger partial charge in [-0.15, -0.1) is 0 Å². The van der Waals surface area contributed by atoms with E-state index in [1.807, 2.05) is 92.7 Å². The molecule has 166 valence electrons. The smallest absolute Gasteiger partial charge is 0.255 e. The molecule has 4 nitrogen and oxygen atoms in total. The molecule has 1 N–H and O–H groups in total. The molecule has 0 bridgehead atoms. The Labute approximate surface area is 199 Å². The zero-order valence-corrected chi connectivity index (χ0v) is 19.5. The van der Waals surface area contributed by atoms with Crippen LogP contribution in [0.25, 0.3) is 33.5 Å². The van der Waals surface area contributed by atoms with Crippen LogP contribution in [0.3, 0.4) is 0 Å². The Morgan fingerprint density at radius 2 is 1.15 bits per heavy atom. The molecule has 0 aliphatic carbocycles. The predicted octanol–water partition coefficient (Wildman–Crippen LogP) is 7.14. The summed E-state index contributed by atoms with van der Waals surface area (Å²) in [4.78, 5) is 22.8. The maximum atomic E-state index is 13.0. The van der Waals surface area contributed by atoms with Crippen LogP contribution < -0.4 is 5.32 Å². The number of nitrogens with zero attached hydrogens (tertiary/aromatic N) is 2. The minimum atomic E-state index is -0.130. The van der Waals surface area contributed by atoms with Gasteiger partial charge in [0.15, 0.2) is 0 Å². The number of hydrogen-bond donors (Lipinski definition) is 1. The summed E-state index contributed by atoms with van der Waals surface area (Å²) in [5.74, 6) is -0.130. The number of hydrogen-bond acceptors (Lipinski definition) is 3. The number of rotatable bonds is 4. The fraction of sp³-hybridized carbons (Fsp3) is 0.100. The number of para-hydroxylation sites is 2. The minimum absolute atomic E-state index is 0.130. The lowest BCUT2D eigenvalue weighted by Crippen LogP contribution is -2.14. The van der Waals surface area contributed by atoms with Crippen LogP contribution in [0.4, 0.5) is 5.69 Å². The summed E-state index contributed by atoms with van der Waals surface area (Å²) in [5, 5.41) is 3.08. The van der Waals surface area contributed by atoms with Gasteiger partial charge in [-0.05, 0) is 56.2 Å². The first-order valence-corrected chi connectivity index (χ1v) is 11.3. The van der Waals surface area contributed by atoms with Crippen LogP contribution in [-0.4, -0.2) is 15.9 Å². The quantitative estimate of drug-likeness (QED) is 0.321. The topological polar surface area (TPSA) is 54.9 Å². The standard InChI is InChI=1S/C30H25N3O/c1-19-17-20(2)27(21(3)18-19)33-30(34)24-15-13-23(14-16-24)29-28(22-9-5-4-6-10-22)31-25-11-7-8-12-26(25)32-29/h4-18H,1-3H3,(H,33,34). The van der Waals surface area contributed by atoms with Crippen LogP contribution in [0.5, 0.6) is 0 Å². The van der Waals surface area contributed by atoms with Crippen molar-refractivity contribution < 1.29 is 4.79 Å². The Hall–Kier alpha value is -4.31. The minimum Gasteiger partial charge on any atom is -0.322 e. The van der Waals surface area contributed by atoms with E-state index >= 15 is 0 Å². The second-order valence-corrected chi connectivity index (χ2v) is 8.58. The zero-order chi connectivity index (χ0) is 23.7. The lowest BCUT2D eigenvalue weighted by atomic mass is 10.0. The average Bonchev–Trinajstić information content (AvgIpc) is 2.86. The van der Waals surface area contributed by atoms with Gasteiger partial charge in [0.25, 0.3) is 5.91 Å². The number of benzene rings is 4. The number of anilines is 1. The summed E-state index contributed by atoms with van der Waals surface area (Å²) in [6, 6.07) is 29.7. The second kappa shape index (κ2) is 8.91. The molecule has 0 aliphatic heterocycles. The molecule has 4 aromatic carbocycles. The van der Waals surface area contributed by atoms with E-state index in [2.05, 4.69) is 24.4 Å². The van der Waals surface area contributed by atoms with Gasteiger partial charge >= 0.3 is 0 Å². The van der Waals surface area contributed by atoms with E-state index in [-0.39, 0.29) is 5.91 Å². The lowest BCUT2D eigenvalue weighted by Gasteiger charge is -2.14. The molecule has 0 fully saturated rings. The van der Waals surface area contributed by atoms with Gasteiger partial charge < -0.3 is 5.32 Å². The molecule has 0 spiro atoms. The third-order valence-corrected chi connectivity index (χ3v) is 5.95. The summed E-state index contributed by atoms with van der Waals surface area (Å²) >= 11 is 0. The van der Waals surface area contributed by atoms with Gasteiger partial charge in [0.1, 0.15) is 0 Å². The van der Waals surface area contributed by atoms with Gasteiger partial charge in [-0.25, -0.2) is 9.97 Å². The Balaban J connectivity index is 1.51. The maximum Gasteiger partial charge on any atom is 0.255 e. The molecule has 5 aromatic rings. The summed E-state index contributed by atoms with van der Waals surface area (Å²) in [7, 11) is 0. The van der Waals surface area contributed by atoms with Gasteiger partial charge in [0.2, 0.25) is 0 Å². The molecule has 1 amide bonds. The van der Waals surface area contributed by atoms with Crippen molar-refractivity contribution in [3.63, 3.8) is 0 Å². The van der Waals surface area contributed by atoms with Crippen molar-refractivity contribution in [2.75, 3.05) is 5.32 Å². The van der Waals surface area contributed by atoms with Crippen LogP contribution >= 0.6 is 0 Å². The number of nitrogens with one attached hydrogen (secondary N) is 1. The van der Waals surface area contributed by atoms with E-state index in [0.717, 1.165) is 50.4 Å². The van der Waals surface area contributed by atoms with Crippen molar-refractivity contribution in [1.29, 1.82) is 0 Å².